The normalized spacial score (nSPS) is 22.6. The Hall–Kier alpha value is -0.483. The van der Waals surface area contributed by atoms with E-state index in [1.54, 1.807) is 7.11 Å². The Bertz CT molecular complexity index is 904. The van der Waals surface area contributed by atoms with Gasteiger partial charge in [-0.1, -0.05) is 58.1 Å². The molecule has 1 heterocycles. The highest BCUT2D eigenvalue weighted by molar-refractivity contribution is 9.28. The van der Waals surface area contributed by atoms with E-state index < -0.39 is 14.1 Å². The molecule has 1 aliphatic rings. The molecule has 0 unspecified atom stereocenters. The average Bonchev–Trinajstić information content (AvgIpc) is 3.11. The van der Waals surface area contributed by atoms with Gasteiger partial charge >= 0.3 is 0 Å². The Kier molecular flexibility index (Phi) is 12.1. The van der Waals surface area contributed by atoms with Gasteiger partial charge < -0.3 is 23.4 Å². The number of hydrogen-bond acceptors (Lipinski definition) is 5. The first kappa shape index (κ1) is 32.7. The van der Waals surface area contributed by atoms with Gasteiger partial charge in [-0.3, -0.25) is 0 Å². The minimum atomic E-state index is -1.87. The minimum Gasteiger partial charge on any atom is -0.497 e. The van der Waals surface area contributed by atoms with Gasteiger partial charge in [0.1, 0.15) is 18.0 Å². The first-order chi connectivity index (χ1) is 17.0. The summed E-state index contributed by atoms with van der Waals surface area (Å²) >= 11 is 6.92. The third-order valence-corrected chi connectivity index (χ3v) is 12.5. The molecule has 0 bridgehead atoms. The summed E-state index contributed by atoms with van der Waals surface area (Å²) in [5, 5.41) is 0.166. The van der Waals surface area contributed by atoms with Crippen molar-refractivity contribution >= 4 is 40.2 Å². The molecule has 0 aliphatic carbocycles. The summed E-state index contributed by atoms with van der Waals surface area (Å²) in [5.41, 5.74) is 1.07. The smallest absolute Gasteiger partial charge is 0.192 e. The van der Waals surface area contributed by atoms with Crippen LogP contribution >= 0.6 is 31.9 Å². The van der Waals surface area contributed by atoms with E-state index in [0.29, 0.717) is 13.0 Å². The van der Waals surface area contributed by atoms with Gasteiger partial charge in [0.2, 0.25) is 0 Å². The van der Waals surface area contributed by atoms with E-state index in [1.807, 2.05) is 44.2 Å². The first-order valence-electron chi connectivity index (χ1n) is 13.0. The predicted molar refractivity (Wildman–Crippen MR) is 162 cm³/mol. The standard InChI is InChI=1S/C29H46Br2O5Si/c1-20(21(2)36-37(9,10)28(3,4)5)11-16-24(33-19-22-12-14-23(32-8)15-13-22)27-25(17-18-26(30)31)34-29(6,7)35-27/h11-16,18,20-21,24-25,27H,17,19H2,1-10H3/t20-,21-,24-,25+,27-/m1/s1. The van der Waals surface area contributed by atoms with E-state index in [2.05, 4.69) is 91.7 Å². The molecule has 0 amide bonds. The van der Waals surface area contributed by atoms with Crippen molar-refractivity contribution in [2.75, 3.05) is 7.11 Å². The monoisotopic (exact) mass is 660 g/mol. The van der Waals surface area contributed by atoms with Crippen LogP contribution < -0.4 is 4.74 Å². The summed E-state index contributed by atoms with van der Waals surface area (Å²) in [4.78, 5) is 0. The third-order valence-electron chi connectivity index (χ3n) is 7.28. The van der Waals surface area contributed by atoms with E-state index in [-0.39, 0.29) is 35.4 Å². The lowest BCUT2D eigenvalue weighted by Crippen LogP contribution is -2.44. The second-order valence-corrected chi connectivity index (χ2v) is 19.3. The lowest BCUT2D eigenvalue weighted by Gasteiger charge is -2.39. The van der Waals surface area contributed by atoms with Crippen molar-refractivity contribution in [1.29, 1.82) is 0 Å². The summed E-state index contributed by atoms with van der Waals surface area (Å²) in [7, 11) is -0.198. The van der Waals surface area contributed by atoms with Crippen molar-refractivity contribution in [3.8, 4) is 5.75 Å². The number of benzene rings is 1. The van der Waals surface area contributed by atoms with Crippen LogP contribution in [0, 0.1) is 5.92 Å². The van der Waals surface area contributed by atoms with Gasteiger partial charge in [0.25, 0.3) is 0 Å². The lowest BCUT2D eigenvalue weighted by atomic mass is 10.0. The van der Waals surface area contributed by atoms with E-state index in [0.717, 1.165) is 14.7 Å². The number of rotatable bonds is 12. The zero-order chi connectivity index (χ0) is 28.0. The highest BCUT2D eigenvalue weighted by atomic mass is 79.9. The van der Waals surface area contributed by atoms with Crippen LogP contribution in [0.3, 0.4) is 0 Å². The van der Waals surface area contributed by atoms with Crippen LogP contribution in [0.5, 0.6) is 5.75 Å². The van der Waals surface area contributed by atoms with Gasteiger partial charge in [0, 0.05) is 6.10 Å². The molecule has 5 atom stereocenters. The Morgan fingerprint density at radius 3 is 2.24 bits per heavy atom. The molecule has 1 aromatic carbocycles. The van der Waals surface area contributed by atoms with Gasteiger partial charge in [0.05, 0.1) is 23.2 Å². The van der Waals surface area contributed by atoms with Crippen LogP contribution in [-0.2, 0) is 25.2 Å². The SMILES string of the molecule is COc1ccc(CO[C@H](C=C[C@@H](C)[C@@H](C)O[Si](C)(C)C(C)(C)C)[C@H]2OC(C)(C)O[C@H]2CC=C(Br)Br)cc1. The van der Waals surface area contributed by atoms with Crippen LogP contribution in [0.4, 0.5) is 0 Å². The first-order valence-corrected chi connectivity index (χ1v) is 17.5. The molecule has 5 nitrogen and oxygen atoms in total. The number of methoxy groups -OCH3 is 1. The van der Waals surface area contributed by atoms with Gasteiger partial charge in [-0.25, -0.2) is 0 Å². The Labute approximate surface area is 242 Å². The molecule has 0 spiro atoms. The average molecular weight is 663 g/mol. The highest BCUT2D eigenvalue weighted by Gasteiger charge is 2.44. The molecule has 1 saturated heterocycles. The summed E-state index contributed by atoms with van der Waals surface area (Å²) < 4.78 is 32.0. The van der Waals surface area contributed by atoms with Crippen molar-refractivity contribution in [2.45, 2.75) is 110 Å². The quantitative estimate of drug-likeness (QED) is 0.166. The summed E-state index contributed by atoms with van der Waals surface area (Å²) in [6.45, 7) is 20.1. The van der Waals surface area contributed by atoms with Crippen molar-refractivity contribution < 1.29 is 23.4 Å². The third kappa shape index (κ3) is 10.2. The van der Waals surface area contributed by atoms with E-state index >= 15 is 0 Å². The number of halogens is 2. The maximum absolute atomic E-state index is 6.65. The zero-order valence-corrected chi connectivity index (χ0v) is 28.3. The van der Waals surface area contributed by atoms with Gasteiger partial charge in [-0.2, -0.15) is 0 Å². The zero-order valence-electron chi connectivity index (χ0n) is 24.1. The van der Waals surface area contributed by atoms with Gasteiger partial charge in [0.15, 0.2) is 14.1 Å². The molecule has 8 heteroatoms. The van der Waals surface area contributed by atoms with Crippen LogP contribution in [-0.4, -0.2) is 45.6 Å². The molecule has 0 radical (unpaired) electrons. The van der Waals surface area contributed by atoms with Crippen LogP contribution in [0.2, 0.25) is 18.1 Å². The number of hydrogen-bond donors (Lipinski definition) is 0. The molecule has 0 saturated carbocycles. The van der Waals surface area contributed by atoms with Crippen molar-refractivity contribution in [1.82, 2.24) is 0 Å². The maximum Gasteiger partial charge on any atom is 0.192 e. The largest absolute Gasteiger partial charge is 0.497 e. The lowest BCUT2D eigenvalue weighted by molar-refractivity contribution is -0.156. The molecular formula is C29H46Br2O5Si. The van der Waals surface area contributed by atoms with Crippen LogP contribution in [0.1, 0.15) is 60.5 Å². The molecule has 1 aromatic rings. The molecule has 0 N–H and O–H groups in total. The second-order valence-electron chi connectivity index (χ2n) is 11.8. The van der Waals surface area contributed by atoms with E-state index in [9.17, 15) is 0 Å². The summed E-state index contributed by atoms with van der Waals surface area (Å²) in [5.74, 6) is 0.347. The Balaban J connectivity index is 2.25. The molecule has 1 fully saturated rings. The minimum absolute atomic E-state index is 0.0969. The summed E-state index contributed by atoms with van der Waals surface area (Å²) in [6.07, 6.45) is 6.47. The van der Waals surface area contributed by atoms with Gasteiger partial charge in [-0.15, -0.1) is 0 Å². The van der Waals surface area contributed by atoms with Crippen molar-refractivity contribution in [2.24, 2.45) is 5.92 Å². The fraction of sp³-hybridized carbons (Fsp3) is 0.655. The summed E-state index contributed by atoms with van der Waals surface area (Å²) in [6, 6.07) is 7.95. The molecular weight excluding hydrogens is 616 g/mol. The predicted octanol–water partition coefficient (Wildman–Crippen LogP) is 8.72. The van der Waals surface area contributed by atoms with Crippen LogP contribution in [0.25, 0.3) is 0 Å². The fourth-order valence-electron chi connectivity index (χ4n) is 3.89. The fourth-order valence-corrected chi connectivity index (χ4v) is 5.76. The highest BCUT2D eigenvalue weighted by Crippen LogP contribution is 2.38. The number of ether oxygens (including phenoxy) is 4. The Morgan fingerprint density at radius 1 is 1.08 bits per heavy atom. The van der Waals surface area contributed by atoms with Crippen molar-refractivity contribution in [3.05, 3.63) is 51.4 Å². The molecule has 2 rings (SSSR count). The van der Waals surface area contributed by atoms with Crippen molar-refractivity contribution in [3.63, 3.8) is 0 Å². The Morgan fingerprint density at radius 2 is 1.70 bits per heavy atom. The molecule has 0 aromatic heterocycles. The van der Waals surface area contributed by atoms with Gasteiger partial charge in [-0.05, 0) is 101 Å². The van der Waals surface area contributed by atoms with E-state index in [1.165, 1.54) is 0 Å². The maximum atomic E-state index is 6.65. The molecule has 1 aliphatic heterocycles. The second kappa shape index (κ2) is 13.7. The molecule has 37 heavy (non-hydrogen) atoms. The van der Waals surface area contributed by atoms with Crippen LogP contribution in [0.15, 0.2) is 45.9 Å². The molecule has 210 valence electrons. The topological polar surface area (TPSA) is 46.2 Å². The van der Waals surface area contributed by atoms with E-state index in [4.69, 9.17) is 23.4 Å².